The van der Waals surface area contributed by atoms with E-state index in [1.165, 1.54) is 11.3 Å². The molecule has 0 fully saturated rings. The molecule has 1 aromatic carbocycles. The topological polar surface area (TPSA) is 63.2 Å². The van der Waals surface area contributed by atoms with Gasteiger partial charge in [-0.05, 0) is 30.0 Å². The van der Waals surface area contributed by atoms with E-state index in [4.69, 9.17) is 11.6 Å². The van der Waals surface area contributed by atoms with Gasteiger partial charge in [0.1, 0.15) is 0 Å². The molecule has 1 heterocycles. The third-order valence-corrected chi connectivity index (χ3v) is 5.55. The maximum absolute atomic E-state index is 12.0. The lowest BCUT2D eigenvalue weighted by molar-refractivity contribution is -0.120. The zero-order chi connectivity index (χ0) is 15.5. The predicted octanol–water partition coefficient (Wildman–Crippen LogP) is 3.15. The Labute approximate surface area is 132 Å². The lowest BCUT2D eigenvalue weighted by Gasteiger charge is -2.11. The summed E-state index contributed by atoms with van der Waals surface area (Å²) >= 11 is 7.35. The molecule has 2 rings (SSSR count). The van der Waals surface area contributed by atoms with Crippen LogP contribution in [0.2, 0.25) is 5.02 Å². The Morgan fingerprint density at radius 2 is 2.00 bits per heavy atom. The van der Waals surface area contributed by atoms with Gasteiger partial charge in [-0.3, -0.25) is 9.52 Å². The van der Waals surface area contributed by atoms with Crippen molar-refractivity contribution in [2.24, 2.45) is 0 Å². The first-order valence-electron chi connectivity index (χ1n) is 6.20. The number of nitrogens with one attached hydrogen (secondary N) is 1. The summed E-state index contributed by atoms with van der Waals surface area (Å²) in [6.07, 6.45) is 0. The number of hydrogen-bond donors (Lipinski definition) is 1. The Hall–Kier alpha value is -1.37. The number of hydrogen-bond acceptors (Lipinski definition) is 4. The van der Waals surface area contributed by atoms with Crippen LogP contribution in [0.3, 0.4) is 0 Å². The van der Waals surface area contributed by atoms with Gasteiger partial charge in [0, 0.05) is 9.90 Å². The highest BCUT2D eigenvalue weighted by Crippen LogP contribution is 2.22. The number of carbonyl (C=O) groups excluding carboxylic acids is 1. The largest absolute Gasteiger partial charge is 0.273 e. The molecule has 0 aliphatic rings. The van der Waals surface area contributed by atoms with Crippen LogP contribution >= 0.6 is 22.9 Å². The summed E-state index contributed by atoms with van der Waals surface area (Å²) in [4.78, 5) is 12.8. The highest BCUT2D eigenvalue weighted by molar-refractivity contribution is 7.89. The number of benzene rings is 1. The average molecular weight is 344 g/mol. The molecule has 0 saturated carbocycles. The molecule has 0 radical (unpaired) electrons. The lowest BCUT2D eigenvalue weighted by Crippen LogP contribution is -2.34. The molecule has 0 spiro atoms. The molecular formula is C14H14ClNO3S2. The lowest BCUT2D eigenvalue weighted by atomic mass is 10.1. The van der Waals surface area contributed by atoms with E-state index in [1.54, 1.807) is 37.3 Å². The molecule has 1 N–H and O–H groups in total. The van der Waals surface area contributed by atoms with Gasteiger partial charge in [0.15, 0.2) is 0 Å². The van der Waals surface area contributed by atoms with Crippen molar-refractivity contribution in [2.45, 2.75) is 18.6 Å². The summed E-state index contributed by atoms with van der Waals surface area (Å²) in [7, 11) is -3.77. The van der Waals surface area contributed by atoms with Crippen molar-refractivity contribution in [3.63, 3.8) is 0 Å². The highest BCUT2D eigenvalue weighted by Gasteiger charge is 2.22. The first-order chi connectivity index (χ1) is 9.89. The Bertz CT molecular complexity index is 726. The van der Waals surface area contributed by atoms with Gasteiger partial charge >= 0.3 is 0 Å². The first-order valence-corrected chi connectivity index (χ1v) is 9.11. The molecule has 1 amide bonds. The van der Waals surface area contributed by atoms with E-state index in [2.05, 4.69) is 4.72 Å². The third-order valence-electron chi connectivity index (χ3n) is 2.92. The summed E-state index contributed by atoms with van der Waals surface area (Å²) in [6.45, 7) is 1.67. The van der Waals surface area contributed by atoms with E-state index in [1.807, 2.05) is 11.4 Å². The fraction of sp³-hybridized carbons (Fsp3) is 0.214. The van der Waals surface area contributed by atoms with Gasteiger partial charge in [0.05, 0.1) is 11.7 Å². The molecule has 0 unspecified atom stereocenters. The molecule has 2 aromatic rings. The van der Waals surface area contributed by atoms with Gasteiger partial charge in [-0.1, -0.05) is 35.9 Å². The van der Waals surface area contributed by atoms with Crippen LogP contribution in [0, 0.1) is 0 Å². The van der Waals surface area contributed by atoms with Crippen LogP contribution in [0.25, 0.3) is 0 Å². The number of carbonyl (C=O) groups is 1. The minimum atomic E-state index is -3.77. The van der Waals surface area contributed by atoms with E-state index in [-0.39, 0.29) is 5.75 Å². The van der Waals surface area contributed by atoms with Crippen molar-refractivity contribution in [1.29, 1.82) is 0 Å². The summed E-state index contributed by atoms with van der Waals surface area (Å²) in [6, 6.07) is 10.3. The Morgan fingerprint density at radius 1 is 1.29 bits per heavy atom. The standard InChI is InChI=1S/C14H14ClNO3S2/c1-10(13-7-4-8-20-13)14(17)16-21(18,19)9-11-5-2-3-6-12(11)15/h2-8,10H,9H2,1H3,(H,16,17)/t10-/m1/s1. The van der Waals surface area contributed by atoms with E-state index in [9.17, 15) is 13.2 Å². The van der Waals surface area contributed by atoms with Gasteiger partial charge in [-0.2, -0.15) is 0 Å². The smallest absolute Gasteiger partial charge is 0.241 e. The summed E-state index contributed by atoms with van der Waals surface area (Å²) in [5.74, 6) is -1.37. The van der Waals surface area contributed by atoms with Gasteiger partial charge < -0.3 is 0 Å². The summed E-state index contributed by atoms with van der Waals surface area (Å²) in [5, 5.41) is 2.21. The van der Waals surface area contributed by atoms with E-state index >= 15 is 0 Å². The fourth-order valence-electron chi connectivity index (χ4n) is 1.76. The van der Waals surface area contributed by atoms with Crippen molar-refractivity contribution in [3.05, 3.63) is 57.2 Å². The van der Waals surface area contributed by atoms with Crippen molar-refractivity contribution in [2.75, 3.05) is 0 Å². The average Bonchev–Trinajstić information content (AvgIpc) is 2.93. The van der Waals surface area contributed by atoms with E-state index < -0.39 is 21.8 Å². The summed E-state index contributed by atoms with van der Waals surface area (Å²) < 4.78 is 26.2. The molecule has 112 valence electrons. The van der Waals surface area contributed by atoms with Crippen LogP contribution in [0.4, 0.5) is 0 Å². The van der Waals surface area contributed by atoms with Crippen molar-refractivity contribution in [1.82, 2.24) is 4.72 Å². The monoisotopic (exact) mass is 343 g/mol. The zero-order valence-electron chi connectivity index (χ0n) is 11.2. The Balaban J connectivity index is 2.07. The molecule has 7 heteroatoms. The molecule has 0 aliphatic heterocycles. The minimum Gasteiger partial charge on any atom is -0.273 e. The van der Waals surface area contributed by atoms with Gasteiger partial charge in [0.2, 0.25) is 15.9 Å². The predicted molar refractivity (Wildman–Crippen MR) is 85.0 cm³/mol. The quantitative estimate of drug-likeness (QED) is 0.907. The number of thiophene rings is 1. The van der Waals surface area contributed by atoms with Gasteiger partial charge in [0.25, 0.3) is 0 Å². The Kier molecular flexibility index (Phi) is 5.03. The molecule has 21 heavy (non-hydrogen) atoms. The van der Waals surface area contributed by atoms with E-state index in [0.29, 0.717) is 10.6 Å². The van der Waals surface area contributed by atoms with Crippen LogP contribution < -0.4 is 4.72 Å². The van der Waals surface area contributed by atoms with E-state index in [0.717, 1.165) is 4.88 Å². The highest BCUT2D eigenvalue weighted by atomic mass is 35.5. The molecular weight excluding hydrogens is 330 g/mol. The molecule has 0 bridgehead atoms. The summed E-state index contributed by atoms with van der Waals surface area (Å²) in [5.41, 5.74) is 0.461. The van der Waals surface area contributed by atoms with Crippen LogP contribution in [0.1, 0.15) is 23.3 Å². The van der Waals surface area contributed by atoms with Gasteiger partial charge in [-0.15, -0.1) is 11.3 Å². The minimum absolute atomic E-state index is 0.324. The van der Waals surface area contributed by atoms with Crippen molar-refractivity contribution in [3.8, 4) is 0 Å². The van der Waals surface area contributed by atoms with Crippen LogP contribution in [-0.4, -0.2) is 14.3 Å². The number of amides is 1. The molecule has 4 nitrogen and oxygen atoms in total. The van der Waals surface area contributed by atoms with Crippen LogP contribution in [-0.2, 0) is 20.6 Å². The van der Waals surface area contributed by atoms with Crippen molar-refractivity contribution >= 4 is 38.9 Å². The number of halogens is 1. The first kappa shape index (κ1) is 16.0. The van der Waals surface area contributed by atoms with Crippen molar-refractivity contribution < 1.29 is 13.2 Å². The molecule has 0 aliphatic carbocycles. The molecule has 1 aromatic heterocycles. The normalized spacial score (nSPS) is 12.9. The molecule has 1 atom stereocenters. The Morgan fingerprint density at radius 3 is 2.62 bits per heavy atom. The SMILES string of the molecule is C[C@@H](C(=O)NS(=O)(=O)Cc1ccccc1Cl)c1cccs1. The maximum atomic E-state index is 12.0. The second-order valence-corrected chi connectivity index (χ2v) is 7.66. The second-order valence-electron chi connectivity index (χ2n) is 4.55. The van der Waals surface area contributed by atoms with Crippen LogP contribution in [0.5, 0.6) is 0 Å². The van der Waals surface area contributed by atoms with Gasteiger partial charge in [-0.25, -0.2) is 8.42 Å². The third kappa shape index (κ3) is 4.30. The number of sulfonamides is 1. The van der Waals surface area contributed by atoms with Crippen LogP contribution in [0.15, 0.2) is 41.8 Å². The zero-order valence-corrected chi connectivity index (χ0v) is 13.6. The number of rotatable bonds is 5. The second kappa shape index (κ2) is 6.60. The molecule has 0 saturated heterocycles. The fourth-order valence-corrected chi connectivity index (χ4v) is 4.05. The maximum Gasteiger partial charge on any atom is 0.241 e.